The number of carbonyl (C=O) groups excluding carboxylic acids is 2. The van der Waals surface area contributed by atoms with Crippen LogP contribution in [0.1, 0.15) is 6.42 Å². The minimum absolute atomic E-state index is 0.332. The summed E-state index contributed by atoms with van der Waals surface area (Å²) in [6.07, 6.45) is 0.618. The highest BCUT2D eigenvalue weighted by molar-refractivity contribution is 5.82. The summed E-state index contributed by atoms with van der Waals surface area (Å²) in [5, 5.41) is 3.05. The Morgan fingerprint density at radius 3 is 2.29 bits per heavy atom. The smallest absolute Gasteiger partial charge is 0.310 e. The van der Waals surface area contributed by atoms with Crippen molar-refractivity contribution in [3.05, 3.63) is 0 Å². The summed E-state index contributed by atoms with van der Waals surface area (Å²) in [6, 6.07) is 0. The van der Waals surface area contributed by atoms with E-state index in [0.29, 0.717) is 13.0 Å². The van der Waals surface area contributed by atoms with Crippen molar-refractivity contribution in [2.75, 3.05) is 27.3 Å². The fourth-order valence-corrected chi connectivity index (χ4v) is 1.69. The van der Waals surface area contributed by atoms with E-state index in [-0.39, 0.29) is 17.9 Å². The van der Waals surface area contributed by atoms with E-state index in [4.69, 9.17) is 0 Å². The number of ether oxygens (including phenoxy) is 2. The fourth-order valence-electron chi connectivity index (χ4n) is 1.69. The van der Waals surface area contributed by atoms with Gasteiger partial charge < -0.3 is 14.8 Å². The standard InChI is InChI=1S/C9H15NO4/c1-13-8(11)6-3-4-10-5-7(6)9(12)14-2/h6-7,10H,3-5H2,1-2H3/t6-,7+/m0/s1. The minimum atomic E-state index is -0.416. The van der Waals surface area contributed by atoms with Gasteiger partial charge in [0.05, 0.1) is 26.1 Å². The van der Waals surface area contributed by atoms with Crippen LogP contribution in [0.4, 0.5) is 0 Å². The van der Waals surface area contributed by atoms with Crippen LogP contribution >= 0.6 is 0 Å². The average molecular weight is 201 g/mol. The number of esters is 2. The Kier molecular flexibility index (Phi) is 3.88. The van der Waals surface area contributed by atoms with Gasteiger partial charge in [-0.25, -0.2) is 0 Å². The second-order valence-electron chi connectivity index (χ2n) is 3.25. The Labute approximate surface area is 82.8 Å². The highest BCUT2D eigenvalue weighted by atomic mass is 16.5. The highest BCUT2D eigenvalue weighted by Crippen LogP contribution is 2.21. The van der Waals surface area contributed by atoms with Crippen molar-refractivity contribution in [2.45, 2.75) is 6.42 Å². The second-order valence-corrected chi connectivity index (χ2v) is 3.25. The molecule has 5 nitrogen and oxygen atoms in total. The molecule has 1 rings (SSSR count). The van der Waals surface area contributed by atoms with Gasteiger partial charge >= 0.3 is 11.9 Å². The van der Waals surface area contributed by atoms with Crippen LogP contribution in [0.2, 0.25) is 0 Å². The monoisotopic (exact) mass is 201 g/mol. The van der Waals surface area contributed by atoms with Gasteiger partial charge in [-0.2, -0.15) is 0 Å². The predicted molar refractivity (Wildman–Crippen MR) is 48.5 cm³/mol. The Balaban J connectivity index is 2.68. The Morgan fingerprint density at radius 1 is 1.14 bits per heavy atom. The molecule has 0 saturated carbocycles. The van der Waals surface area contributed by atoms with Crippen LogP contribution in [0.15, 0.2) is 0 Å². The Bertz CT molecular complexity index is 205. The van der Waals surface area contributed by atoms with E-state index in [2.05, 4.69) is 14.8 Å². The summed E-state index contributed by atoms with van der Waals surface area (Å²) >= 11 is 0. The summed E-state index contributed by atoms with van der Waals surface area (Å²) in [7, 11) is 2.66. The maximum atomic E-state index is 11.3. The van der Waals surface area contributed by atoms with Gasteiger partial charge in [0.1, 0.15) is 0 Å². The summed E-state index contributed by atoms with van der Waals surface area (Å²) in [5.41, 5.74) is 0. The Morgan fingerprint density at radius 2 is 1.71 bits per heavy atom. The van der Waals surface area contributed by atoms with Crippen molar-refractivity contribution < 1.29 is 19.1 Å². The minimum Gasteiger partial charge on any atom is -0.469 e. The molecular formula is C9H15NO4. The third kappa shape index (κ3) is 2.23. The summed E-state index contributed by atoms with van der Waals surface area (Å²) in [4.78, 5) is 22.7. The molecule has 0 aromatic heterocycles. The maximum absolute atomic E-state index is 11.3. The first-order valence-electron chi connectivity index (χ1n) is 4.57. The van der Waals surface area contributed by atoms with Crippen LogP contribution in [-0.2, 0) is 19.1 Å². The lowest BCUT2D eigenvalue weighted by Gasteiger charge is -2.27. The van der Waals surface area contributed by atoms with Crippen LogP contribution < -0.4 is 5.32 Å². The first-order chi connectivity index (χ1) is 6.70. The number of hydrogen-bond acceptors (Lipinski definition) is 5. The van der Waals surface area contributed by atoms with Crippen molar-refractivity contribution in [1.82, 2.24) is 5.32 Å². The second kappa shape index (κ2) is 4.95. The molecule has 1 fully saturated rings. The van der Waals surface area contributed by atoms with Crippen LogP contribution in [0.5, 0.6) is 0 Å². The first kappa shape index (κ1) is 11.0. The van der Waals surface area contributed by atoms with Crippen molar-refractivity contribution >= 4 is 11.9 Å². The van der Waals surface area contributed by atoms with E-state index in [0.717, 1.165) is 6.54 Å². The number of rotatable bonds is 2. The molecule has 0 bridgehead atoms. The topological polar surface area (TPSA) is 64.6 Å². The number of methoxy groups -OCH3 is 2. The van der Waals surface area contributed by atoms with Crippen LogP contribution in [-0.4, -0.2) is 39.2 Å². The van der Waals surface area contributed by atoms with Gasteiger partial charge in [0.25, 0.3) is 0 Å². The maximum Gasteiger partial charge on any atom is 0.310 e. The normalized spacial score (nSPS) is 26.7. The lowest BCUT2D eigenvalue weighted by Crippen LogP contribution is -2.44. The molecule has 1 aliphatic rings. The van der Waals surface area contributed by atoms with E-state index < -0.39 is 5.92 Å². The number of nitrogens with one attached hydrogen (secondary N) is 1. The molecule has 0 unspecified atom stereocenters. The lowest BCUT2D eigenvalue weighted by molar-refractivity contribution is -0.158. The third-order valence-electron chi connectivity index (χ3n) is 2.49. The molecule has 1 N–H and O–H groups in total. The van der Waals surface area contributed by atoms with E-state index in [1.807, 2.05) is 0 Å². The number of hydrogen-bond donors (Lipinski definition) is 1. The molecule has 0 spiro atoms. The number of piperidine rings is 1. The van der Waals surface area contributed by atoms with Gasteiger partial charge in [0.2, 0.25) is 0 Å². The summed E-state index contributed by atoms with van der Waals surface area (Å²) in [6.45, 7) is 1.21. The highest BCUT2D eigenvalue weighted by Gasteiger charge is 2.37. The van der Waals surface area contributed by atoms with Crippen molar-refractivity contribution in [3.63, 3.8) is 0 Å². The molecule has 0 radical (unpaired) electrons. The molecule has 1 aliphatic heterocycles. The zero-order valence-corrected chi connectivity index (χ0v) is 8.41. The first-order valence-corrected chi connectivity index (χ1v) is 4.57. The molecule has 80 valence electrons. The largest absolute Gasteiger partial charge is 0.469 e. The summed E-state index contributed by atoms with van der Waals surface area (Å²) in [5.74, 6) is -1.47. The van der Waals surface area contributed by atoms with Crippen LogP contribution in [0.3, 0.4) is 0 Å². The van der Waals surface area contributed by atoms with E-state index in [1.54, 1.807) is 0 Å². The SMILES string of the molecule is COC(=O)[C@H]1CCNC[C@H]1C(=O)OC. The molecule has 0 aromatic rings. The van der Waals surface area contributed by atoms with Gasteiger partial charge in [0, 0.05) is 6.54 Å². The third-order valence-corrected chi connectivity index (χ3v) is 2.49. The molecule has 0 amide bonds. The van der Waals surface area contributed by atoms with Gasteiger partial charge in [0.15, 0.2) is 0 Å². The van der Waals surface area contributed by atoms with Crippen molar-refractivity contribution in [3.8, 4) is 0 Å². The van der Waals surface area contributed by atoms with Gasteiger partial charge in [-0.3, -0.25) is 9.59 Å². The summed E-state index contributed by atoms with van der Waals surface area (Å²) < 4.78 is 9.27. The zero-order chi connectivity index (χ0) is 10.6. The molecule has 1 heterocycles. The quantitative estimate of drug-likeness (QED) is 0.613. The molecule has 14 heavy (non-hydrogen) atoms. The predicted octanol–water partition coefficient (Wildman–Crippen LogP) is -0.442. The van der Waals surface area contributed by atoms with Gasteiger partial charge in [-0.15, -0.1) is 0 Å². The molecular weight excluding hydrogens is 186 g/mol. The van der Waals surface area contributed by atoms with E-state index >= 15 is 0 Å². The number of carbonyl (C=O) groups is 2. The average Bonchev–Trinajstić information content (AvgIpc) is 2.27. The van der Waals surface area contributed by atoms with Crippen molar-refractivity contribution in [1.29, 1.82) is 0 Å². The molecule has 2 atom stereocenters. The van der Waals surface area contributed by atoms with Crippen LogP contribution in [0, 0.1) is 11.8 Å². The van der Waals surface area contributed by atoms with Gasteiger partial charge in [-0.05, 0) is 13.0 Å². The molecule has 5 heteroatoms. The van der Waals surface area contributed by atoms with E-state index in [1.165, 1.54) is 14.2 Å². The van der Waals surface area contributed by atoms with Crippen LogP contribution in [0.25, 0.3) is 0 Å². The zero-order valence-electron chi connectivity index (χ0n) is 8.41. The van der Waals surface area contributed by atoms with Crippen molar-refractivity contribution in [2.24, 2.45) is 11.8 Å². The fraction of sp³-hybridized carbons (Fsp3) is 0.778. The lowest BCUT2D eigenvalue weighted by atomic mass is 9.86. The Hall–Kier alpha value is -1.10. The molecule has 1 saturated heterocycles. The van der Waals surface area contributed by atoms with Gasteiger partial charge in [-0.1, -0.05) is 0 Å². The molecule has 0 aromatic carbocycles. The van der Waals surface area contributed by atoms with E-state index in [9.17, 15) is 9.59 Å². The molecule has 0 aliphatic carbocycles.